The quantitative estimate of drug-likeness (QED) is 0.802. The first-order valence-electron chi connectivity index (χ1n) is 5.28. The van der Waals surface area contributed by atoms with Gasteiger partial charge >= 0.3 is 7.12 Å². The summed E-state index contributed by atoms with van der Waals surface area (Å²) >= 11 is 1.32. The molecule has 0 aliphatic heterocycles. The summed E-state index contributed by atoms with van der Waals surface area (Å²) in [6.07, 6.45) is 0. The normalized spacial score (nSPS) is 10.3. The zero-order valence-corrected chi connectivity index (χ0v) is 10.3. The topological polar surface area (TPSA) is 49.7 Å². The van der Waals surface area contributed by atoms with E-state index in [9.17, 15) is 0 Å². The van der Waals surface area contributed by atoms with E-state index in [-0.39, 0.29) is 0 Å². The Bertz CT molecular complexity index is 479. The average Bonchev–Trinajstić information content (AvgIpc) is 2.77. The Morgan fingerprint density at radius 1 is 1.24 bits per heavy atom. The van der Waals surface area contributed by atoms with Crippen LogP contribution in [0.2, 0.25) is 0 Å². The van der Waals surface area contributed by atoms with Crippen molar-refractivity contribution in [2.75, 3.05) is 0 Å². The molecule has 3 nitrogen and oxygen atoms in total. The largest absolute Gasteiger partial charge is 0.499 e. The van der Waals surface area contributed by atoms with Gasteiger partial charge < -0.3 is 14.8 Å². The monoisotopic (exact) mass is 248 g/mol. The van der Waals surface area contributed by atoms with Gasteiger partial charge in [0.2, 0.25) is 0 Å². The van der Waals surface area contributed by atoms with Crippen molar-refractivity contribution in [2.24, 2.45) is 0 Å². The zero-order chi connectivity index (χ0) is 12.3. The lowest BCUT2D eigenvalue weighted by molar-refractivity contribution is 0.306. The summed E-state index contributed by atoms with van der Waals surface area (Å²) in [6.45, 7) is 2.46. The molecule has 0 fully saturated rings. The molecule has 5 heteroatoms. The smallest absolute Gasteiger partial charge is 0.489 e. The number of thiophene rings is 1. The molecule has 0 radical (unpaired) electrons. The molecule has 0 saturated carbocycles. The molecule has 0 bridgehead atoms. The molecule has 0 atom stereocenters. The minimum absolute atomic E-state index is 0.437. The van der Waals surface area contributed by atoms with Crippen LogP contribution in [0.5, 0.6) is 5.75 Å². The number of benzene rings is 1. The Labute approximate surface area is 104 Å². The minimum atomic E-state index is -1.40. The summed E-state index contributed by atoms with van der Waals surface area (Å²) in [5, 5.41) is 19.8. The molecule has 1 heterocycles. The van der Waals surface area contributed by atoms with Crippen molar-refractivity contribution in [1.82, 2.24) is 0 Å². The first kappa shape index (κ1) is 12.2. The van der Waals surface area contributed by atoms with E-state index in [4.69, 9.17) is 14.8 Å². The summed E-state index contributed by atoms with van der Waals surface area (Å²) in [4.78, 5) is 0. The Kier molecular flexibility index (Phi) is 3.84. The summed E-state index contributed by atoms with van der Waals surface area (Å²) in [5.41, 5.74) is 2.14. The van der Waals surface area contributed by atoms with Crippen LogP contribution in [0.3, 0.4) is 0 Å². The van der Waals surface area contributed by atoms with Gasteiger partial charge in [0.05, 0.1) is 0 Å². The highest BCUT2D eigenvalue weighted by atomic mass is 32.1. The van der Waals surface area contributed by atoms with Gasteiger partial charge in [-0.3, -0.25) is 0 Å². The Morgan fingerprint density at radius 2 is 1.94 bits per heavy atom. The van der Waals surface area contributed by atoms with E-state index in [0.29, 0.717) is 11.4 Å². The summed E-state index contributed by atoms with van der Waals surface area (Å²) < 4.78 is 6.12. The van der Waals surface area contributed by atoms with Crippen LogP contribution in [0.15, 0.2) is 35.7 Å². The molecule has 17 heavy (non-hydrogen) atoms. The van der Waals surface area contributed by atoms with E-state index < -0.39 is 7.12 Å². The van der Waals surface area contributed by atoms with E-state index in [1.165, 1.54) is 16.9 Å². The van der Waals surface area contributed by atoms with Crippen molar-refractivity contribution in [3.63, 3.8) is 0 Å². The Balaban J connectivity index is 1.95. The Morgan fingerprint density at radius 3 is 2.53 bits per heavy atom. The molecule has 0 amide bonds. The third kappa shape index (κ3) is 3.33. The SMILES string of the molecule is Cc1ccc(OCc2csc(B(O)O)c2)cc1. The van der Waals surface area contributed by atoms with Gasteiger partial charge in [-0.2, -0.15) is 11.3 Å². The lowest BCUT2D eigenvalue weighted by Gasteiger charge is -2.04. The van der Waals surface area contributed by atoms with Crippen LogP contribution >= 0.6 is 11.3 Å². The van der Waals surface area contributed by atoms with Crippen molar-refractivity contribution in [1.29, 1.82) is 0 Å². The van der Waals surface area contributed by atoms with Crippen molar-refractivity contribution in [3.05, 3.63) is 46.8 Å². The second kappa shape index (κ2) is 5.36. The maximum Gasteiger partial charge on any atom is 0.499 e. The average molecular weight is 248 g/mol. The molecule has 0 aliphatic rings. The standard InChI is InChI=1S/C12H13BO3S/c1-9-2-4-11(5-3-9)16-7-10-6-12(13(14)15)17-8-10/h2-6,8,14-15H,7H2,1H3. The van der Waals surface area contributed by atoms with Gasteiger partial charge in [-0.1, -0.05) is 17.7 Å². The summed E-state index contributed by atoms with van der Waals surface area (Å²) in [5.74, 6) is 0.813. The molecular weight excluding hydrogens is 235 g/mol. The van der Waals surface area contributed by atoms with Crippen molar-refractivity contribution in [2.45, 2.75) is 13.5 Å². The molecule has 2 rings (SSSR count). The summed E-state index contributed by atoms with van der Waals surface area (Å²) in [7, 11) is -1.40. The van der Waals surface area contributed by atoms with Gasteiger partial charge in [-0.15, -0.1) is 0 Å². The number of ether oxygens (including phenoxy) is 1. The highest BCUT2D eigenvalue weighted by Gasteiger charge is 2.13. The van der Waals surface area contributed by atoms with Crippen LogP contribution in [0.4, 0.5) is 0 Å². The van der Waals surface area contributed by atoms with Crippen molar-refractivity contribution in [3.8, 4) is 5.75 Å². The Hall–Kier alpha value is -1.30. The molecule has 2 aromatic rings. The van der Waals surface area contributed by atoms with Gasteiger partial charge in [-0.05, 0) is 36.1 Å². The van der Waals surface area contributed by atoms with Gasteiger partial charge in [0.1, 0.15) is 12.4 Å². The molecule has 88 valence electrons. The summed E-state index contributed by atoms with van der Waals surface area (Å²) in [6, 6.07) is 9.56. The maximum atomic E-state index is 8.98. The van der Waals surface area contributed by atoms with Gasteiger partial charge in [-0.25, -0.2) is 0 Å². The number of aryl methyl sites for hydroxylation is 1. The van der Waals surface area contributed by atoms with Crippen LogP contribution in [0, 0.1) is 6.92 Å². The lowest BCUT2D eigenvalue weighted by Crippen LogP contribution is -2.26. The lowest BCUT2D eigenvalue weighted by atomic mass is 9.89. The van der Waals surface area contributed by atoms with E-state index in [1.807, 2.05) is 36.6 Å². The van der Waals surface area contributed by atoms with Crippen LogP contribution in [0.25, 0.3) is 0 Å². The second-order valence-corrected chi connectivity index (χ2v) is 4.78. The van der Waals surface area contributed by atoms with E-state index >= 15 is 0 Å². The predicted octanol–water partition coefficient (Wildman–Crippen LogP) is 1.32. The fourth-order valence-corrected chi connectivity index (χ4v) is 2.17. The highest BCUT2D eigenvalue weighted by Crippen LogP contribution is 2.14. The van der Waals surface area contributed by atoms with Gasteiger partial charge in [0.15, 0.2) is 0 Å². The van der Waals surface area contributed by atoms with Gasteiger partial charge in [0.25, 0.3) is 0 Å². The van der Waals surface area contributed by atoms with E-state index in [0.717, 1.165) is 11.3 Å². The zero-order valence-electron chi connectivity index (χ0n) is 9.46. The fourth-order valence-electron chi connectivity index (χ4n) is 1.41. The van der Waals surface area contributed by atoms with Gasteiger partial charge in [0, 0.05) is 4.78 Å². The molecule has 0 aliphatic carbocycles. The molecule has 1 aromatic carbocycles. The van der Waals surface area contributed by atoms with Crippen LogP contribution in [-0.4, -0.2) is 17.2 Å². The number of rotatable bonds is 4. The van der Waals surface area contributed by atoms with E-state index in [1.54, 1.807) is 6.07 Å². The highest BCUT2D eigenvalue weighted by molar-refractivity contribution is 7.20. The third-order valence-corrected chi connectivity index (χ3v) is 3.38. The van der Waals surface area contributed by atoms with Crippen molar-refractivity contribution >= 4 is 23.2 Å². The first-order chi connectivity index (χ1) is 8.15. The van der Waals surface area contributed by atoms with E-state index in [2.05, 4.69) is 0 Å². The molecule has 1 aromatic heterocycles. The molecule has 0 saturated heterocycles. The fraction of sp³-hybridized carbons (Fsp3) is 0.167. The predicted molar refractivity (Wildman–Crippen MR) is 69.7 cm³/mol. The maximum absolute atomic E-state index is 8.98. The second-order valence-electron chi connectivity index (χ2n) is 3.83. The first-order valence-corrected chi connectivity index (χ1v) is 6.16. The third-order valence-electron chi connectivity index (χ3n) is 2.36. The number of hydrogen-bond donors (Lipinski definition) is 2. The minimum Gasteiger partial charge on any atom is -0.489 e. The number of hydrogen-bond acceptors (Lipinski definition) is 4. The molecule has 0 spiro atoms. The van der Waals surface area contributed by atoms with Crippen molar-refractivity contribution < 1.29 is 14.8 Å². The van der Waals surface area contributed by atoms with Crippen LogP contribution in [0.1, 0.15) is 11.1 Å². The van der Waals surface area contributed by atoms with Crippen LogP contribution < -0.4 is 9.51 Å². The molecular formula is C12H13BO3S. The molecule has 0 unspecified atom stereocenters. The molecule has 2 N–H and O–H groups in total. The van der Waals surface area contributed by atoms with Crippen LogP contribution in [-0.2, 0) is 6.61 Å².